The number of thiophene rings is 1. The predicted octanol–water partition coefficient (Wildman–Crippen LogP) is 6.91. The number of carboxylic acid groups (broad SMARTS) is 1. The average Bonchev–Trinajstić information content (AvgIpc) is 3.74. The highest BCUT2D eigenvalue weighted by atomic mass is 32.1. The van der Waals surface area contributed by atoms with Gasteiger partial charge >= 0.3 is 12.1 Å². The number of nitrogens with zero attached hydrogens (tertiary/aromatic N) is 2. The lowest BCUT2D eigenvalue weighted by Crippen LogP contribution is -2.42. The zero-order valence-electron chi connectivity index (χ0n) is 26.8. The van der Waals surface area contributed by atoms with Crippen LogP contribution in [0.1, 0.15) is 61.9 Å². The van der Waals surface area contributed by atoms with Crippen LogP contribution in [0.15, 0.2) is 107 Å². The van der Waals surface area contributed by atoms with Crippen LogP contribution in [0.3, 0.4) is 0 Å². The third-order valence-corrected chi connectivity index (χ3v) is 8.50. The third kappa shape index (κ3) is 8.93. The lowest BCUT2D eigenvalue weighted by molar-refractivity contribution is -0.139. The Balaban J connectivity index is 1.51. The number of carbonyl (C=O) groups is 3. The molecule has 9 nitrogen and oxygen atoms in total. The molecule has 47 heavy (non-hydrogen) atoms. The maximum Gasteiger partial charge on any atom is 0.408 e. The number of hydrogen-bond donors (Lipinski definition) is 3. The van der Waals surface area contributed by atoms with E-state index in [-0.39, 0.29) is 11.9 Å². The Hall–Kier alpha value is -4.80. The number of likely N-dealkylation sites (tertiary alicyclic amines) is 1. The Bertz CT molecular complexity index is 1690. The summed E-state index contributed by atoms with van der Waals surface area (Å²) in [6, 6.07) is 25.6. The number of amides is 2. The van der Waals surface area contributed by atoms with Crippen LogP contribution in [0.25, 0.3) is 0 Å². The normalized spacial score (nSPS) is 16.7. The fourth-order valence-corrected chi connectivity index (χ4v) is 6.38. The van der Waals surface area contributed by atoms with E-state index < -0.39 is 29.7 Å². The van der Waals surface area contributed by atoms with Crippen molar-refractivity contribution >= 4 is 40.7 Å². The minimum Gasteiger partial charge on any atom is -0.480 e. The van der Waals surface area contributed by atoms with Crippen LogP contribution >= 0.6 is 11.3 Å². The van der Waals surface area contributed by atoms with E-state index in [0.29, 0.717) is 34.6 Å². The summed E-state index contributed by atoms with van der Waals surface area (Å²) in [6.45, 7) is 6.71. The van der Waals surface area contributed by atoms with Crippen LogP contribution < -0.4 is 10.6 Å². The molecule has 4 aromatic rings. The fraction of sp³-hybridized carbons (Fsp3) is 0.297. The van der Waals surface area contributed by atoms with Gasteiger partial charge in [-0.2, -0.15) is 11.3 Å². The quantitative estimate of drug-likeness (QED) is 0.152. The van der Waals surface area contributed by atoms with Crippen molar-refractivity contribution in [3.63, 3.8) is 0 Å². The molecule has 1 fully saturated rings. The molecule has 3 N–H and O–H groups in total. The SMILES string of the molecule is CC(C)(C)OC(=O)N[C@@H](c1ccsc1)[C@@H](N=C(c1ccccc1)c1ccccc1NC(=O)[C@H]1CCCN1Cc1ccccc1)C(=O)O. The molecule has 1 aromatic heterocycles. The molecule has 5 rings (SSSR count). The van der Waals surface area contributed by atoms with E-state index in [4.69, 9.17) is 9.73 Å². The van der Waals surface area contributed by atoms with E-state index in [1.807, 2.05) is 72.1 Å². The summed E-state index contributed by atoms with van der Waals surface area (Å²) < 4.78 is 5.49. The molecule has 3 aromatic carbocycles. The Kier molecular flexibility index (Phi) is 10.8. The van der Waals surface area contributed by atoms with Crippen molar-refractivity contribution in [1.29, 1.82) is 0 Å². The van der Waals surface area contributed by atoms with Crippen molar-refractivity contribution < 1.29 is 24.2 Å². The molecule has 1 aliphatic rings. The first-order valence-corrected chi connectivity index (χ1v) is 16.6. The van der Waals surface area contributed by atoms with Gasteiger partial charge in [-0.25, -0.2) is 9.59 Å². The van der Waals surface area contributed by atoms with Crippen LogP contribution in [0, 0.1) is 0 Å². The molecule has 0 spiro atoms. The van der Waals surface area contributed by atoms with Gasteiger partial charge in [-0.05, 0) is 74.2 Å². The van der Waals surface area contributed by atoms with Gasteiger partial charge in [0.1, 0.15) is 5.60 Å². The largest absolute Gasteiger partial charge is 0.480 e. The lowest BCUT2D eigenvalue weighted by atomic mass is 9.97. The highest BCUT2D eigenvalue weighted by Crippen LogP contribution is 2.28. The number of alkyl carbamates (subject to hydrolysis) is 1. The number of nitrogens with one attached hydrogen (secondary N) is 2. The van der Waals surface area contributed by atoms with Crippen molar-refractivity contribution in [1.82, 2.24) is 10.2 Å². The summed E-state index contributed by atoms with van der Waals surface area (Å²) in [5, 5.41) is 20.1. The molecule has 0 radical (unpaired) electrons. The first kappa shape index (κ1) is 33.6. The number of rotatable bonds is 11. The Morgan fingerprint density at radius 2 is 1.66 bits per heavy atom. The van der Waals surface area contributed by atoms with Gasteiger partial charge in [0.25, 0.3) is 0 Å². The molecule has 0 saturated carbocycles. The fourth-order valence-electron chi connectivity index (χ4n) is 5.68. The monoisotopic (exact) mass is 652 g/mol. The topological polar surface area (TPSA) is 120 Å². The molecule has 0 aliphatic carbocycles. The van der Waals surface area contributed by atoms with E-state index >= 15 is 0 Å². The highest BCUT2D eigenvalue weighted by molar-refractivity contribution is 7.08. The zero-order chi connectivity index (χ0) is 33.4. The first-order valence-electron chi connectivity index (χ1n) is 15.6. The van der Waals surface area contributed by atoms with Crippen LogP contribution in [-0.4, -0.2) is 57.9 Å². The van der Waals surface area contributed by atoms with Gasteiger partial charge in [-0.15, -0.1) is 0 Å². The van der Waals surface area contributed by atoms with Crippen molar-refractivity contribution in [2.24, 2.45) is 4.99 Å². The molecule has 2 heterocycles. The molecular formula is C37H40N4O5S. The standard InChI is InChI=1S/C37H40N4O5S/c1-37(2,3)46-36(45)40-32(27-20-22-47-24-27)33(35(43)44)39-31(26-15-8-5-9-16-26)28-17-10-11-18-29(28)38-34(42)30-19-12-21-41(30)23-25-13-6-4-7-14-25/h4-11,13-18,20,22,24,30,32-33H,12,19,21,23H2,1-3H3,(H,38,42)(H,40,45)(H,43,44)/t30-,32+,33-/m1/s1. The number of benzene rings is 3. The van der Waals surface area contributed by atoms with Crippen LogP contribution in [0.5, 0.6) is 0 Å². The maximum atomic E-state index is 13.8. The van der Waals surface area contributed by atoms with Gasteiger partial charge in [0.05, 0.1) is 23.5 Å². The molecule has 3 atom stereocenters. The van der Waals surface area contributed by atoms with Gasteiger partial charge in [-0.1, -0.05) is 78.9 Å². The minimum absolute atomic E-state index is 0.129. The van der Waals surface area contributed by atoms with Crippen LogP contribution in [0.2, 0.25) is 0 Å². The Labute approximate surface area is 279 Å². The van der Waals surface area contributed by atoms with E-state index in [2.05, 4.69) is 27.7 Å². The minimum atomic E-state index is -1.42. The van der Waals surface area contributed by atoms with Crippen molar-refractivity contribution in [2.45, 2.75) is 63.9 Å². The molecule has 2 amide bonds. The third-order valence-electron chi connectivity index (χ3n) is 7.79. The van der Waals surface area contributed by atoms with E-state index in [0.717, 1.165) is 24.9 Å². The Morgan fingerprint density at radius 1 is 0.979 bits per heavy atom. The van der Waals surface area contributed by atoms with Gasteiger partial charge in [0, 0.05) is 17.7 Å². The van der Waals surface area contributed by atoms with E-state index in [1.54, 1.807) is 38.3 Å². The number of aliphatic imine (C=N–C) groups is 1. The van der Waals surface area contributed by atoms with Crippen molar-refractivity contribution in [3.05, 3.63) is 124 Å². The van der Waals surface area contributed by atoms with Crippen molar-refractivity contribution in [3.8, 4) is 0 Å². The maximum absolute atomic E-state index is 13.8. The number of para-hydroxylation sites is 1. The number of carboxylic acids is 1. The average molecular weight is 653 g/mol. The number of carbonyl (C=O) groups excluding carboxylic acids is 2. The lowest BCUT2D eigenvalue weighted by Gasteiger charge is -2.26. The summed E-state index contributed by atoms with van der Waals surface area (Å²) >= 11 is 1.39. The molecule has 1 saturated heterocycles. The molecule has 10 heteroatoms. The Morgan fingerprint density at radius 3 is 2.32 bits per heavy atom. The predicted molar refractivity (Wildman–Crippen MR) is 185 cm³/mol. The second-order valence-electron chi connectivity index (χ2n) is 12.5. The summed E-state index contributed by atoms with van der Waals surface area (Å²) in [4.78, 5) is 46.7. The second-order valence-corrected chi connectivity index (χ2v) is 13.2. The van der Waals surface area contributed by atoms with Gasteiger partial charge in [0.2, 0.25) is 5.91 Å². The zero-order valence-corrected chi connectivity index (χ0v) is 27.6. The number of aliphatic carboxylic acids is 1. The molecule has 244 valence electrons. The number of ether oxygens (including phenoxy) is 1. The van der Waals surface area contributed by atoms with Gasteiger partial charge in [-0.3, -0.25) is 14.7 Å². The molecular weight excluding hydrogens is 612 g/mol. The molecule has 0 unspecified atom stereocenters. The smallest absolute Gasteiger partial charge is 0.408 e. The van der Waals surface area contributed by atoms with Crippen LogP contribution in [-0.2, 0) is 20.9 Å². The molecule has 1 aliphatic heterocycles. The summed E-state index contributed by atoms with van der Waals surface area (Å²) in [5.41, 5.74) is 3.06. The van der Waals surface area contributed by atoms with E-state index in [1.165, 1.54) is 11.3 Å². The van der Waals surface area contributed by atoms with E-state index in [9.17, 15) is 19.5 Å². The second kappa shape index (κ2) is 15.2. The summed E-state index contributed by atoms with van der Waals surface area (Å²) in [7, 11) is 0. The van der Waals surface area contributed by atoms with Gasteiger partial charge in [0.15, 0.2) is 6.04 Å². The first-order chi connectivity index (χ1) is 22.6. The molecule has 0 bridgehead atoms. The van der Waals surface area contributed by atoms with Crippen molar-refractivity contribution in [2.75, 3.05) is 11.9 Å². The summed E-state index contributed by atoms with van der Waals surface area (Å²) in [6.07, 6.45) is 0.902. The van der Waals surface area contributed by atoms with Gasteiger partial charge < -0.3 is 20.5 Å². The number of hydrogen-bond acceptors (Lipinski definition) is 7. The van der Waals surface area contributed by atoms with Crippen LogP contribution in [0.4, 0.5) is 10.5 Å². The number of anilines is 1. The summed E-state index contributed by atoms with van der Waals surface area (Å²) in [5.74, 6) is -1.36. The highest BCUT2D eigenvalue weighted by Gasteiger charge is 2.34.